The zero-order chi connectivity index (χ0) is 12.5. The van der Waals surface area contributed by atoms with Crippen molar-refractivity contribution in [1.29, 1.82) is 0 Å². The molecular formula is C12H15NO3S. The molecule has 0 heterocycles. The highest BCUT2D eigenvalue weighted by Gasteiger charge is 2.23. The van der Waals surface area contributed by atoms with E-state index in [1.165, 1.54) is 6.26 Å². The highest BCUT2D eigenvalue weighted by molar-refractivity contribution is 7.89. The van der Waals surface area contributed by atoms with Crippen LogP contribution in [0.15, 0.2) is 24.3 Å². The van der Waals surface area contributed by atoms with Crippen molar-refractivity contribution in [3.8, 4) is 0 Å². The minimum atomic E-state index is -3.02. The van der Waals surface area contributed by atoms with Crippen molar-refractivity contribution in [2.75, 3.05) is 6.26 Å². The van der Waals surface area contributed by atoms with Crippen molar-refractivity contribution in [2.24, 2.45) is 0 Å². The van der Waals surface area contributed by atoms with Crippen LogP contribution in [-0.2, 0) is 15.6 Å². The van der Waals surface area contributed by atoms with Gasteiger partial charge in [0.25, 0.3) is 5.91 Å². The van der Waals surface area contributed by atoms with E-state index in [0.717, 1.165) is 12.8 Å². The summed E-state index contributed by atoms with van der Waals surface area (Å²) in [6.07, 6.45) is 3.30. The first-order valence-electron chi connectivity index (χ1n) is 5.51. The molecule has 0 aromatic heterocycles. The summed E-state index contributed by atoms with van der Waals surface area (Å²) in [4.78, 5) is 11.7. The van der Waals surface area contributed by atoms with Crippen LogP contribution in [0.4, 0.5) is 0 Å². The van der Waals surface area contributed by atoms with Gasteiger partial charge in [0.05, 0.1) is 5.75 Å². The van der Waals surface area contributed by atoms with Crippen LogP contribution < -0.4 is 5.32 Å². The number of nitrogens with one attached hydrogen (secondary N) is 1. The molecule has 1 fully saturated rings. The average Bonchev–Trinajstić information content (AvgIpc) is 3.00. The van der Waals surface area contributed by atoms with Crippen molar-refractivity contribution in [1.82, 2.24) is 5.32 Å². The summed E-state index contributed by atoms with van der Waals surface area (Å²) >= 11 is 0. The number of hydrogen-bond donors (Lipinski definition) is 1. The maximum Gasteiger partial charge on any atom is 0.251 e. The second kappa shape index (κ2) is 4.49. The molecule has 0 spiro atoms. The number of rotatable bonds is 4. The van der Waals surface area contributed by atoms with E-state index in [4.69, 9.17) is 0 Å². The predicted octanol–water partition coefficient (Wildman–Crippen LogP) is 1.12. The molecule has 5 heteroatoms. The molecule has 4 nitrogen and oxygen atoms in total. The summed E-state index contributed by atoms with van der Waals surface area (Å²) < 4.78 is 22.2. The number of carbonyl (C=O) groups is 1. The molecule has 0 radical (unpaired) electrons. The fourth-order valence-electron chi connectivity index (χ4n) is 1.55. The maximum atomic E-state index is 11.7. The normalized spacial score (nSPS) is 15.6. The molecule has 92 valence electrons. The van der Waals surface area contributed by atoms with Crippen LogP contribution in [0.5, 0.6) is 0 Å². The molecule has 1 aliphatic rings. The van der Waals surface area contributed by atoms with Crippen LogP contribution in [0.25, 0.3) is 0 Å². The molecule has 0 bridgehead atoms. The Kier molecular flexibility index (Phi) is 3.19. The monoisotopic (exact) mass is 253 g/mol. The van der Waals surface area contributed by atoms with Gasteiger partial charge >= 0.3 is 0 Å². The number of amides is 1. The van der Waals surface area contributed by atoms with Gasteiger partial charge in [-0.1, -0.05) is 12.1 Å². The molecule has 1 aliphatic carbocycles. The molecule has 1 N–H and O–H groups in total. The Hall–Kier alpha value is -1.36. The van der Waals surface area contributed by atoms with Crippen LogP contribution in [0.2, 0.25) is 0 Å². The van der Waals surface area contributed by atoms with Crippen molar-refractivity contribution >= 4 is 15.7 Å². The molecule has 0 unspecified atom stereocenters. The van der Waals surface area contributed by atoms with Crippen molar-refractivity contribution in [3.63, 3.8) is 0 Å². The molecule has 2 rings (SSSR count). The predicted molar refractivity (Wildman–Crippen MR) is 65.5 cm³/mol. The summed E-state index contributed by atoms with van der Waals surface area (Å²) in [5.74, 6) is -0.0734. The van der Waals surface area contributed by atoms with E-state index in [1.807, 2.05) is 0 Å². The Morgan fingerprint density at radius 3 is 2.35 bits per heavy atom. The number of hydrogen-bond acceptors (Lipinski definition) is 3. The Balaban J connectivity index is 2.04. The summed E-state index contributed by atoms with van der Waals surface area (Å²) in [6, 6.07) is 7.03. The highest BCUT2D eigenvalue weighted by Crippen LogP contribution is 2.19. The maximum absolute atomic E-state index is 11.7. The van der Waals surface area contributed by atoms with E-state index in [1.54, 1.807) is 24.3 Å². The molecule has 1 saturated carbocycles. The lowest BCUT2D eigenvalue weighted by atomic mass is 10.1. The van der Waals surface area contributed by atoms with Crippen molar-refractivity contribution in [2.45, 2.75) is 24.6 Å². The molecule has 1 amide bonds. The number of sulfone groups is 1. The van der Waals surface area contributed by atoms with E-state index < -0.39 is 9.84 Å². The topological polar surface area (TPSA) is 63.2 Å². The van der Waals surface area contributed by atoms with E-state index in [9.17, 15) is 13.2 Å². The van der Waals surface area contributed by atoms with E-state index >= 15 is 0 Å². The summed E-state index contributed by atoms with van der Waals surface area (Å²) in [5.41, 5.74) is 1.28. The third-order valence-electron chi connectivity index (χ3n) is 2.56. The summed E-state index contributed by atoms with van der Waals surface area (Å²) in [6.45, 7) is 0. The molecular weight excluding hydrogens is 238 g/mol. The van der Waals surface area contributed by atoms with Gasteiger partial charge in [0.1, 0.15) is 0 Å². The standard InChI is InChI=1S/C12H15NO3S/c1-17(15,16)8-9-2-4-10(5-3-9)12(14)13-11-6-7-11/h2-5,11H,6-8H2,1H3,(H,13,14). The van der Waals surface area contributed by atoms with Gasteiger partial charge in [-0.2, -0.15) is 0 Å². The Labute approximate surface area is 101 Å². The fourth-order valence-corrected chi connectivity index (χ4v) is 2.35. The molecule has 0 atom stereocenters. The van der Waals surface area contributed by atoms with Gasteiger partial charge in [-0.15, -0.1) is 0 Å². The van der Waals surface area contributed by atoms with Crippen molar-refractivity contribution < 1.29 is 13.2 Å². The first-order valence-corrected chi connectivity index (χ1v) is 7.57. The summed E-state index contributed by atoms with van der Waals surface area (Å²) in [5, 5.41) is 2.88. The van der Waals surface area contributed by atoms with Gasteiger partial charge in [-0.3, -0.25) is 4.79 Å². The lowest BCUT2D eigenvalue weighted by Crippen LogP contribution is -2.25. The zero-order valence-corrected chi connectivity index (χ0v) is 10.5. The van der Waals surface area contributed by atoms with Gasteiger partial charge in [0.15, 0.2) is 9.84 Å². The van der Waals surface area contributed by atoms with E-state index in [0.29, 0.717) is 17.2 Å². The van der Waals surface area contributed by atoms with Crippen molar-refractivity contribution in [3.05, 3.63) is 35.4 Å². The quantitative estimate of drug-likeness (QED) is 0.874. The average molecular weight is 253 g/mol. The minimum Gasteiger partial charge on any atom is -0.349 e. The van der Waals surface area contributed by atoms with Gasteiger partial charge in [0.2, 0.25) is 0 Å². The molecule has 17 heavy (non-hydrogen) atoms. The zero-order valence-electron chi connectivity index (χ0n) is 9.64. The SMILES string of the molecule is CS(=O)(=O)Cc1ccc(C(=O)NC2CC2)cc1. The number of benzene rings is 1. The molecule has 0 aliphatic heterocycles. The van der Waals surface area contributed by atoms with Gasteiger partial charge < -0.3 is 5.32 Å². The minimum absolute atomic E-state index is 0.0114. The van der Waals surface area contributed by atoms with Crippen LogP contribution in [0, 0.1) is 0 Å². The first-order chi connectivity index (χ1) is 7.94. The van der Waals surface area contributed by atoms with Crippen LogP contribution in [0.3, 0.4) is 0 Å². The van der Waals surface area contributed by atoms with Crippen LogP contribution in [0.1, 0.15) is 28.8 Å². The Morgan fingerprint density at radius 2 is 1.88 bits per heavy atom. The second-order valence-corrected chi connectivity index (χ2v) is 6.65. The highest BCUT2D eigenvalue weighted by atomic mass is 32.2. The third kappa shape index (κ3) is 3.85. The lowest BCUT2D eigenvalue weighted by molar-refractivity contribution is 0.0951. The molecule has 1 aromatic carbocycles. The summed E-state index contributed by atoms with van der Waals surface area (Å²) in [7, 11) is -3.02. The largest absolute Gasteiger partial charge is 0.349 e. The fraction of sp³-hybridized carbons (Fsp3) is 0.417. The second-order valence-electron chi connectivity index (χ2n) is 4.51. The smallest absolute Gasteiger partial charge is 0.251 e. The van der Waals surface area contributed by atoms with E-state index in [2.05, 4.69) is 5.32 Å². The Bertz CT molecular complexity index is 515. The van der Waals surface area contributed by atoms with E-state index in [-0.39, 0.29) is 11.7 Å². The molecule has 0 saturated heterocycles. The van der Waals surface area contributed by atoms with Crippen LogP contribution >= 0.6 is 0 Å². The van der Waals surface area contributed by atoms with Gasteiger partial charge in [-0.25, -0.2) is 8.42 Å². The van der Waals surface area contributed by atoms with Gasteiger partial charge in [0, 0.05) is 17.9 Å². The molecule has 1 aromatic rings. The third-order valence-corrected chi connectivity index (χ3v) is 3.42. The van der Waals surface area contributed by atoms with Crippen LogP contribution in [-0.4, -0.2) is 26.6 Å². The van der Waals surface area contributed by atoms with Gasteiger partial charge in [-0.05, 0) is 30.5 Å². The Morgan fingerprint density at radius 1 is 1.29 bits per heavy atom. The first kappa shape index (κ1) is 12.1. The lowest BCUT2D eigenvalue weighted by Gasteiger charge is -2.04. The number of carbonyl (C=O) groups excluding carboxylic acids is 1.